The summed E-state index contributed by atoms with van der Waals surface area (Å²) in [6.07, 6.45) is 10.1. The van der Waals surface area contributed by atoms with Gasteiger partial charge in [-0.25, -0.2) is 0 Å². The van der Waals surface area contributed by atoms with Crippen molar-refractivity contribution in [2.45, 2.75) is 32.1 Å². The average Bonchev–Trinajstić information content (AvgIpc) is 2.63. The Balaban J connectivity index is 1.57. The first-order chi connectivity index (χ1) is 11.8. The van der Waals surface area contributed by atoms with Crippen LogP contribution >= 0.6 is 0 Å². The minimum absolute atomic E-state index is 0.409. The van der Waals surface area contributed by atoms with Crippen LogP contribution < -0.4 is 10.6 Å². The molecule has 1 aromatic heterocycles. The number of nitriles is 1. The Morgan fingerprint density at radius 3 is 3.04 bits per heavy atom. The van der Waals surface area contributed by atoms with E-state index >= 15 is 0 Å². The summed E-state index contributed by atoms with van der Waals surface area (Å²) in [6.45, 7) is 0.841. The average molecular weight is 320 g/mol. The Labute approximate surface area is 141 Å². The van der Waals surface area contributed by atoms with Crippen molar-refractivity contribution in [2.75, 3.05) is 17.2 Å². The molecule has 0 amide bonds. The van der Waals surface area contributed by atoms with Crippen molar-refractivity contribution < 1.29 is 0 Å². The molecular formula is C18H20N6. The van der Waals surface area contributed by atoms with Crippen molar-refractivity contribution in [1.29, 1.82) is 5.26 Å². The lowest BCUT2D eigenvalue weighted by atomic mass is 9.97. The number of anilines is 3. The molecule has 0 atom stereocenters. The maximum absolute atomic E-state index is 8.94. The maximum atomic E-state index is 8.94. The second-order valence-corrected chi connectivity index (χ2v) is 5.77. The SMILES string of the molecule is N#Cc1cccc(Nc2nncc(NCCC3=CCCCC3)n2)c1. The first-order valence-corrected chi connectivity index (χ1v) is 8.22. The fourth-order valence-electron chi connectivity index (χ4n) is 2.72. The molecule has 122 valence electrons. The molecule has 2 N–H and O–H groups in total. The Bertz CT molecular complexity index is 762. The molecule has 0 radical (unpaired) electrons. The Morgan fingerprint density at radius 1 is 1.25 bits per heavy atom. The first kappa shape index (κ1) is 15.9. The molecule has 0 spiro atoms. The standard InChI is InChI=1S/C18H20N6/c19-12-15-7-4-8-16(11-15)22-18-23-17(13-21-24-18)20-10-9-14-5-2-1-3-6-14/h4-5,7-8,11,13H,1-3,6,9-10H2,(H2,20,22,23,24). The van der Waals surface area contributed by atoms with E-state index in [2.05, 4.69) is 38.0 Å². The zero-order valence-electron chi connectivity index (χ0n) is 13.5. The van der Waals surface area contributed by atoms with Gasteiger partial charge in [0.05, 0.1) is 17.8 Å². The van der Waals surface area contributed by atoms with E-state index in [0.29, 0.717) is 17.3 Å². The molecule has 24 heavy (non-hydrogen) atoms. The normalized spacial score (nSPS) is 13.7. The van der Waals surface area contributed by atoms with E-state index < -0.39 is 0 Å². The monoisotopic (exact) mass is 320 g/mol. The molecule has 1 heterocycles. The molecule has 6 nitrogen and oxygen atoms in total. The Hall–Kier alpha value is -2.94. The number of nitrogens with zero attached hydrogens (tertiary/aromatic N) is 4. The van der Waals surface area contributed by atoms with E-state index in [4.69, 9.17) is 5.26 Å². The van der Waals surface area contributed by atoms with E-state index in [1.165, 1.54) is 31.3 Å². The third-order valence-corrected chi connectivity index (χ3v) is 3.94. The summed E-state index contributed by atoms with van der Waals surface area (Å²) in [5.74, 6) is 1.10. The second kappa shape index (κ2) is 8.06. The van der Waals surface area contributed by atoms with Crippen LogP contribution in [-0.4, -0.2) is 21.7 Å². The number of nitrogens with one attached hydrogen (secondary N) is 2. The van der Waals surface area contributed by atoms with Crippen LogP contribution in [0.3, 0.4) is 0 Å². The lowest BCUT2D eigenvalue weighted by Gasteiger charge is -2.13. The Kier molecular flexibility index (Phi) is 5.36. The van der Waals surface area contributed by atoms with Crippen LogP contribution in [0.1, 0.15) is 37.7 Å². The highest BCUT2D eigenvalue weighted by Crippen LogP contribution is 2.20. The highest BCUT2D eigenvalue weighted by atomic mass is 15.3. The minimum Gasteiger partial charge on any atom is -0.368 e. The van der Waals surface area contributed by atoms with E-state index in [-0.39, 0.29) is 0 Å². The molecule has 2 aromatic rings. The van der Waals surface area contributed by atoms with Gasteiger partial charge in [0, 0.05) is 12.2 Å². The van der Waals surface area contributed by atoms with Crippen molar-refractivity contribution in [2.24, 2.45) is 0 Å². The van der Waals surface area contributed by atoms with Crippen molar-refractivity contribution in [3.63, 3.8) is 0 Å². The van der Waals surface area contributed by atoms with E-state index in [1.54, 1.807) is 18.3 Å². The van der Waals surface area contributed by atoms with Gasteiger partial charge in [-0.3, -0.25) is 0 Å². The summed E-state index contributed by atoms with van der Waals surface area (Å²) in [4.78, 5) is 4.41. The number of aromatic nitrogens is 3. The van der Waals surface area contributed by atoms with Gasteiger partial charge in [0.2, 0.25) is 5.95 Å². The number of allylic oxidation sites excluding steroid dienone is 1. The number of rotatable bonds is 6. The molecule has 6 heteroatoms. The molecule has 1 aromatic carbocycles. The third-order valence-electron chi connectivity index (χ3n) is 3.94. The predicted octanol–water partition coefficient (Wildman–Crippen LogP) is 3.79. The molecule has 0 bridgehead atoms. The highest BCUT2D eigenvalue weighted by Gasteiger charge is 2.05. The largest absolute Gasteiger partial charge is 0.368 e. The molecule has 0 fully saturated rings. The van der Waals surface area contributed by atoms with Gasteiger partial charge in [-0.05, 0) is 50.3 Å². The third kappa shape index (κ3) is 4.53. The summed E-state index contributed by atoms with van der Waals surface area (Å²) < 4.78 is 0. The van der Waals surface area contributed by atoms with Crippen LogP contribution in [0.5, 0.6) is 0 Å². The van der Waals surface area contributed by atoms with Crippen molar-refractivity contribution in [1.82, 2.24) is 15.2 Å². The maximum Gasteiger partial charge on any atom is 0.249 e. The molecule has 0 saturated heterocycles. The molecule has 1 aliphatic carbocycles. The minimum atomic E-state index is 0.409. The van der Waals surface area contributed by atoms with Gasteiger partial charge in [-0.2, -0.15) is 15.3 Å². The van der Waals surface area contributed by atoms with Crippen molar-refractivity contribution >= 4 is 17.5 Å². The van der Waals surface area contributed by atoms with Crippen LogP contribution in [0.25, 0.3) is 0 Å². The second-order valence-electron chi connectivity index (χ2n) is 5.77. The zero-order chi connectivity index (χ0) is 16.6. The van der Waals surface area contributed by atoms with Crippen molar-refractivity contribution in [3.05, 3.63) is 47.7 Å². The van der Waals surface area contributed by atoms with Crippen LogP contribution in [-0.2, 0) is 0 Å². The van der Waals surface area contributed by atoms with Crippen LogP contribution in [0.2, 0.25) is 0 Å². The van der Waals surface area contributed by atoms with E-state index in [1.807, 2.05) is 12.1 Å². The van der Waals surface area contributed by atoms with E-state index in [0.717, 1.165) is 18.7 Å². The van der Waals surface area contributed by atoms with Crippen LogP contribution in [0.4, 0.5) is 17.5 Å². The molecule has 3 rings (SSSR count). The Morgan fingerprint density at radius 2 is 2.21 bits per heavy atom. The molecular weight excluding hydrogens is 300 g/mol. The molecule has 0 unspecified atom stereocenters. The number of hydrogen-bond acceptors (Lipinski definition) is 6. The van der Waals surface area contributed by atoms with Crippen LogP contribution in [0.15, 0.2) is 42.1 Å². The lowest BCUT2D eigenvalue weighted by molar-refractivity contribution is 0.679. The fraction of sp³-hybridized carbons (Fsp3) is 0.333. The van der Waals surface area contributed by atoms with Crippen molar-refractivity contribution in [3.8, 4) is 6.07 Å². The molecule has 0 aliphatic heterocycles. The fourth-order valence-corrected chi connectivity index (χ4v) is 2.72. The topological polar surface area (TPSA) is 86.5 Å². The summed E-state index contributed by atoms with van der Waals surface area (Å²) in [5, 5.41) is 23.3. The number of benzene rings is 1. The lowest BCUT2D eigenvalue weighted by Crippen LogP contribution is -2.08. The van der Waals surface area contributed by atoms with Gasteiger partial charge >= 0.3 is 0 Å². The van der Waals surface area contributed by atoms with Gasteiger partial charge in [0.1, 0.15) is 0 Å². The van der Waals surface area contributed by atoms with Gasteiger partial charge < -0.3 is 10.6 Å². The van der Waals surface area contributed by atoms with Crippen LogP contribution in [0, 0.1) is 11.3 Å². The zero-order valence-corrected chi connectivity index (χ0v) is 13.5. The smallest absolute Gasteiger partial charge is 0.249 e. The predicted molar refractivity (Wildman–Crippen MR) is 93.9 cm³/mol. The van der Waals surface area contributed by atoms with Gasteiger partial charge in [0.25, 0.3) is 0 Å². The summed E-state index contributed by atoms with van der Waals surface area (Å²) >= 11 is 0. The molecule has 0 saturated carbocycles. The van der Waals surface area contributed by atoms with Gasteiger partial charge in [-0.1, -0.05) is 17.7 Å². The van der Waals surface area contributed by atoms with Gasteiger partial charge in [-0.15, -0.1) is 5.10 Å². The number of hydrogen-bond donors (Lipinski definition) is 2. The summed E-state index contributed by atoms with van der Waals surface area (Å²) in [7, 11) is 0. The molecule has 1 aliphatic rings. The first-order valence-electron chi connectivity index (χ1n) is 8.22. The quantitative estimate of drug-likeness (QED) is 0.788. The summed E-state index contributed by atoms with van der Waals surface area (Å²) in [5.41, 5.74) is 2.88. The summed E-state index contributed by atoms with van der Waals surface area (Å²) in [6, 6.07) is 9.29. The highest BCUT2D eigenvalue weighted by molar-refractivity contribution is 5.56. The van der Waals surface area contributed by atoms with E-state index in [9.17, 15) is 0 Å². The van der Waals surface area contributed by atoms with Gasteiger partial charge in [0.15, 0.2) is 5.82 Å².